The van der Waals surface area contributed by atoms with Gasteiger partial charge in [-0.1, -0.05) is 6.07 Å². The number of carbonyl (C=O) groups is 1. The van der Waals surface area contributed by atoms with Crippen molar-refractivity contribution in [2.45, 2.75) is 13.5 Å². The summed E-state index contributed by atoms with van der Waals surface area (Å²) in [5, 5.41) is 6.66. The van der Waals surface area contributed by atoms with Crippen LogP contribution >= 0.6 is 0 Å². The maximum atomic E-state index is 12.2. The summed E-state index contributed by atoms with van der Waals surface area (Å²) < 4.78 is 30.0. The monoisotopic (exact) mass is 296 g/mol. The molecule has 0 saturated heterocycles. The van der Waals surface area contributed by atoms with Crippen molar-refractivity contribution in [3.05, 3.63) is 35.5 Å². The van der Waals surface area contributed by atoms with Gasteiger partial charge >= 0.3 is 6.61 Å². The lowest BCUT2D eigenvalue weighted by molar-refractivity contribution is -0.0498. The molecule has 0 aliphatic rings. The highest BCUT2D eigenvalue weighted by Crippen LogP contribution is 2.22. The number of nitrogens with two attached hydrogens (primary N) is 1. The molecule has 0 spiro atoms. The van der Waals surface area contributed by atoms with Crippen LogP contribution in [0.25, 0.3) is 0 Å². The van der Waals surface area contributed by atoms with Gasteiger partial charge in [0.2, 0.25) is 0 Å². The zero-order chi connectivity index (χ0) is 15.6. The Morgan fingerprint density at radius 2 is 2.19 bits per heavy atom. The lowest BCUT2D eigenvalue weighted by Crippen LogP contribution is -2.15. The molecule has 1 aromatic heterocycles. The second-order valence-electron chi connectivity index (χ2n) is 4.33. The number of hydrogen-bond acceptors (Lipinski definition) is 4. The molecule has 112 valence electrons. The number of carbonyl (C=O) groups excluding carboxylic acids is 1. The number of aryl methyl sites for hydroxylation is 2. The van der Waals surface area contributed by atoms with Crippen LogP contribution in [0.1, 0.15) is 16.1 Å². The third kappa shape index (κ3) is 3.28. The van der Waals surface area contributed by atoms with Gasteiger partial charge in [-0.05, 0) is 25.1 Å². The molecule has 6 nitrogen and oxygen atoms in total. The number of ether oxygens (including phenoxy) is 1. The van der Waals surface area contributed by atoms with Crippen molar-refractivity contribution < 1.29 is 18.3 Å². The first-order valence-corrected chi connectivity index (χ1v) is 6.03. The third-order valence-electron chi connectivity index (χ3n) is 2.82. The van der Waals surface area contributed by atoms with E-state index in [0.717, 1.165) is 0 Å². The minimum absolute atomic E-state index is 0.0909. The van der Waals surface area contributed by atoms with Gasteiger partial charge in [0.25, 0.3) is 5.91 Å². The van der Waals surface area contributed by atoms with Gasteiger partial charge in [0, 0.05) is 12.6 Å². The largest absolute Gasteiger partial charge is 0.435 e. The fourth-order valence-electron chi connectivity index (χ4n) is 1.82. The summed E-state index contributed by atoms with van der Waals surface area (Å²) in [5.41, 5.74) is 6.91. The number of alkyl halides is 2. The van der Waals surface area contributed by atoms with Crippen LogP contribution in [0.15, 0.2) is 24.3 Å². The zero-order valence-corrected chi connectivity index (χ0v) is 11.4. The molecule has 0 atom stereocenters. The number of benzene rings is 1. The van der Waals surface area contributed by atoms with Crippen LogP contribution < -0.4 is 15.8 Å². The molecule has 0 aliphatic carbocycles. The molecule has 21 heavy (non-hydrogen) atoms. The summed E-state index contributed by atoms with van der Waals surface area (Å²) in [6.45, 7) is -1.24. The Morgan fingerprint density at radius 1 is 1.48 bits per heavy atom. The lowest BCUT2D eigenvalue weighted by Gasteiger charge is -2.08. The summed E-state index contributed by atoms with van der Waals surface area (Å²) in [7, 11) is 1.63. The average Bonchev–Trinajstić information content (AvgIpc) is 2.65. The Balaban J connectivity index is 2.20. The predicted molar refractivity (Wildman–Crippen MR) is 73.4 cm³/mol. The fourth-order valence-corrected chi connectivity index (χ4v) is 1.82. The molecule has 1 heterocycles. The first-order valence-electron chi connectivity index (χ1n) is 6.03. The van der Waals surface area contributed by atoms with E-state index in [2.05, 4.69) is 15.2 Å². The number of halogens is 2. The van der Waals surface area contributed by atoms with E-state index in [1.807, 2.05) is 0 Å². The summed E-state index contributed by atoms with van der Waals surface area (Å²) in [4.78, 5) is 12.1. The minimum Gasteiger partial charge on any atom is -0.435 e. The highest BCUT2D eigenvalue weighted by atomic mass is 19.3. The van der Waals surface area contributed by atoms with E-state index >= 15 is 0 Å². The van der Waals surface area contributed by atoms with Crippen molar-refractivity contribution in [3.8, 4) is 5.75 Å². The second-order valence-corrected chi connectivity index (χ2v) is 4.33. The summed E-state index contributed by atoms with van der Waals surface area (Å²) in [6.07, 6.45) is 0. The normalized spacial score (nSPS) is 10.7. The lowest BCUT2D eigenvalue weighted by atomic mass is 10.2. The van der Waals surface area contributed by atoms with E-state index in [1.54, 1.807) is 14.0 Å². The van der Waals surface area contributed by atoms with Crippen molar-refractivity contribution in [2.24, 2.45) is 7.05 Å². The van der Waals surface area contributed by atoms with Crippen LogP contribution in [0, 0.1) is 6.92 Å². The number of hydrogen-bond donors (Lipinski definition) is 2. The third-order valence-corrected chi connectivity index (χ3v) is 2.82. The molecule has 0 radical (unpaired) electrons. The Kier molecular flexibility index (Phi) is 4.06. The van der Waals surface area contributed by atoms with Crippen LogP contribution in [-0.2, 0) is 7.05 Å². The van der Waals surface area contributed by atoms with E-state index < -0.39 is 12.5 Å². The minimum atomic E-state index is -2.95. The molecule has 0 fully saturated rings. The maximum absolute atomic E-state index is 12.2. The van der Waals surface area contributed by atoms with Gasteiger partial charge in [0.1, 0.15) is 5.75 Å². The Morgan fingerprint density at radius 3 is 2.76 bits per heavy atom. The number of nitrogen functional groups attached to an aromatic ring is 1. The molecule has 1 amide bonds. The highest BCUT2D eigenvalue weighted by Gasteiger charge is 2.15. The predicted octanol–water partition coefficient (Wildman–Crippen LogP) is 2.16. The average molecular weight is 296 g/mol. The Labute approximate surface area is 119 Å². The summed E-state index contributed by atoms with van der Waals surface area (Å²) >= 11 is 0. The van der Waals surface area contributed by atoms with Crippen LogP contribution in [0.4, 0.5) is 20.3 Å². The molecular weight excluding hydrogens is 282 g/mol. The van der Waals surface area contributed by atoms with Crippen LogP contribution in [0.3, 0.4) is 0 Å². The fraction of sp³-hybridized carbons (Fsp3) is 0.231. The smallest absolute Gasteiger partial charge is 0.387 e. The molecule has 0 unspecified atom stereocenters. The van der Waals surface area contributed by atoms with Gasteiger partial charge in [-0.25, -0.2) is 0 Å². The van der Waals surface area contributed by atoms with E-state index in [1.165, 1.54) is 28.9 Å². The maximum Gasteiger partial charge on any atom is 0.387 e. The Bertz CT molecular complexity index is 670. The first-order chi connectivity index (χ1) is 9.88. The van der Waals surface area contributed by atoms with Gasteiger partial charge in [-0.3, -0.25) is 9.48 Å². The van der Waals surface area contributed by atoms with E-state index in [0.29, 0.717) is 17.2 Å². The number of rotatable bonds is 4. The Hall–Kier alpha value is -2.64. The summed E-state index contributed by atoms with van der Waals surface area (Å²) in [6, 6.07) is 5.49. The molecule has 0 bridgehead atoms. The van der Waals surface area contributed by atoms with Gasteiger partial charge in [-0.2, -0.15) is 13.9 Å². The molecule has 2 rings (SSSR count). The standard InChI is InChI=1S/C13H14F2N4O2/c1-7-10(16)11(19(2)18-7)17-12(20)8-4-3-5-9(6-8)21-13(14)15/h3-6,13H,16H2,1-2H3,(H,17,20). The number of aromatic nitrogens is 2. The van der Waals surface area contributed by atoms with E-state index in [4.69, 9.17) is 5.73 Å². The molecule has 0 saturated carbocycles. The second kappa shape index (κ2) is 5.78. The molecule has 8 heteroatoms. The topological polar surface area (TPSA) is 82.2 Å². The number of nitrogens with one attached hydrogen (secondary N) is 1. The zero-order valence-electron chi connectivity index (χ0n) is 11.4. The van der Waals surface area contributed by atoms with Gasteiger partial charge in [-0.15, -0.1) is 0 Å². The quantitative estimate of drug-likeness (QED) is 0.905. The van der Waals surface area contributed by atoms with E-state index in [9.17, 15) is 13.6 Å². The number of anilines is 2. The van der Waals surface area contributed by atoms with Gasteiger partial charge in [0.15, 0.2) is 5.82 Å². The van der Waals surface area contributed by atoms with Crippen LogP contribution in [0.2, 0.25) is 0 Å². The highest BCUT2D eigenvalue weighted by molar-refractivity contribution is 6.05. The number of nitrogens with zero attached hydrogens (tertiary/aromatic N) is 2. The van der Waals surface area contributed by atoms with E-state index in [-0.39, 0.29) is 11.3 Å². The van der Waals surface area contributed by atoms with Gasteiger partial charge in [0.05, 0.1) is 11.4 Å². The van der Waals surface area contributed by atoms with Crippen molar-refractivity contribution in [1.82, 2.24) is 9.78 Å². The SMILES string of the molecule is Cc1nn(C)c(NC(=O)c2cccc(OC(F)F)c2)c1N. The molecule has 0 aliphatic heterocycles. The van der Waals surface area contributed by atoms with Crippen LogP contribution in [-0.4, -0.2) is 22.3 Å². The van der Waals surface area contributed by atoms with Crippen LogP contribution in [0.5, 0.6) is 5.75 Å². The molecule has 1 aromatic carbocycles. The van der Waals surface area contributed by atoms with Gasteiger partial charge < -0.3 is 15.8 Å². The molecule has 3 N–H and O–H groups in total. The van der Waals surface area contributed by atoms with Crippen molar-refractivity contribution in [2.75, 3.05) is 11.1 Å². The molecule has 2 aromatic rings. The van der Waals surface area contributed by atoms with Crippen molar-refractivity contribution >= 4 is 17.4 Å². The first kappa shape index (κ1) is 14.8. The van der Waals surface area contributed by atoms with Crippen molar-refractivity contribution in [3.63, 3.8) is 0 Å². The van der Waals surface area contributed by atoms with Crippen molar-refractivity contribution in [1.29, 1.82) is 0 Å². The number of amides is 1. The molecular formula is C13H14F2N4O2. The summed E-state index contributed by atoms with van der Waals surface area (Å²) in [5.74, 6) is -0.242.